The van der Waals surface area contributed by atoms with E-state index >= 15 is 0 Å². The van der Waals surface area contributed by atoms with Gasteiger partial charge in [-0.2, -0.15) is 0 Å². The van der Waals surface area contributed by atoms with E-state index in [1.807, 2.05) is 17.8 Å². The summed E-state index contributed by atoms with van der Waals surface area (Å²) in [6.07, 6.45) is 14.1. The van der Waals surface area contributed by atoms with Gasteiger partial charge in [-0.25, -0.2) is 9.97 Å². The van der Waals surface area contributed by atoms with Crippen LogP contribution in [0.5, 0.6) is 0 Å². The standard InChI is InChI=1S/C48H38N2S/c1-3-4-20-37-32(2)48(39-22-11-13-25-44(39)51-45-26-14-12-23-40(45)48)41-24-15-21-38(46(37)41)33-27-29-35(30-28-33)43-31-42(34-16-7-5-8-17-34)49-47(50-43)36-18-9-6-10-19-36/h4-9,11-18,20-31H,3,10,19H2,1-2H3/b20-4-. The number of rotatable bonds is 6. The minimum absolute atomic E-state index is 0.356. The summed E-state index contributed by atoms with van der Waals surface area (Å²) in [5, 5.41) is 0. The van der Waals surface area contributed by atoms with Crippen LogP contribution in [0.4, 0.5) is 0 Å². The maximum atomic E-state index is 5.14. The first-order valence-corrected chi connectivity index (χ1v) is 18.8. The van der Waals surface area contributed by atoms with Crippen LogP contribution >= 0.6 is 11.8 Å². The molecule has 0 fully saturated rings. The van der Waals surface area contributed by atoms with Crippen LogP contribution in [0.3, 0.4) is 0 Å². The quantitative estimate of drug-likeness (QED) is 0.176. The summed E-state index contributed by atoms with van der Waals surface area (Å²) in [6.45, 7) is 4.58. The van der Waals surface area contributed by atoms with Crippen LogP contribution in [-0.2, 0) is 5.41 Å². The third-order valence-corrected chi connectivity index (χ3v) is 11.8. The minimum Gasteiger partial charge on any atom is -0.228 e. The molecule has 0 radical (unpaired) electrons. The van der Waals surface area contributed by atoms with Crippen molar-refractivity contribution in [1.82, 2.24) is 9.97 Å². The summed E-state index contributed by atoms with van der Waals surface area (Å²) in [5.74, 6) is 0.810. The van der Waals surface area contributed by atoms with Gasteiger partial charge in [0.1, 0.15) is 0 Å². The van der Waals surface area contributed by atoms with Gasteiger partial charge in [0, 0.05) is 20.9 Å². The molecule has 2 heterocycles. The Bertz CT molecular complexity index is 2380. The van der Waals surface area contributed by atoms with Crippen molar-refractivity contribution in [2.24, 2.45) is 0 Å². The minimum atomic E-state index is -0.356. The summed E-state index contributed by atoms with van der Waals surface area (Å²) >= 11 is 1.89. The van der Waals surface area contributed by atoms with Crippen LogP contribution in [0.2, 0.25) is 0 Å². The molecule has 246 valence electrons. The van der Waals surface area contributed by atoms with E-state index in [0.29, 0.717) is 0 Å². The molecule has 0 saturated carbocycles. The number of aromatic nitrogens is 2. The van der Waals surface area contributed by atoms with Gasteiger partial charge in [-0.15, -0.1) is 0 Å². The molecule has 5 aromatic carbocycles. The zero-order chi connectivity index (χ0) is 34.4. The maximum Gasteiger partial charge on any atom is 0.156 e. The van der Waals surface area contributed by atoms with E-state index in [1.165, 1.54) is 59.9 Å². The number of hydrogen-bond donors (Lipinski definition) is 0. The second-order valence-electron chi connectivity index (χ2n) is 13.5. The predicted octanol–water partition coefficient (Wildman–Crippen LogP) is 12.8. The van der Waals surface area contributed by atoms with Gasteiger partial charge in [-0.3, -0.25) is 0 Å². The first-order chi connectivity index (χ1) is 25.2. The first kappa shape index (κ1) is 31.5. The number of fused-ring (bicyclic) bond motifs is 6. The highest BCUT2D eigenvalue weighted by atomic mass is 32.2. The molecule has 3 aliphatic rings. The largest absolute Gasteiger partial charge is 0.228 e. The zero-order valence-electron chi connectivity index (χ0n) is 28.9. The van der Waals surface area contributed by atoms with Crippen LogP contribution in [0.25, 0.3) is 44.8 Å². The van der Waals surface area contributed by atoms with E-state index in [0.717, 1.165) is 47.6 Å². The lowest BCUT2D eigenvalue weighted by Gasteiger charge is -2.40. The van der Waals surface area contributed by atoms with E-state index < -0.39 is 0 Å². The lowest BCUT2D eigenvalue weighted by molar-refractivity contribution is 0.701. The molecule has 9 rings (SSSR count). The molecule has 0 saturated heterocycles. The van der Waals surface area contributed by atoms with Crippen molar-refractivity contribution in [3.63, 3.8) is 0 Å². The van der Waals surface area contributed by atoms with Gasteiger partial charge < -0.3 is 0 Å². The van der Waals surface area contributed by atoms with Gasteiger partial charge in [0.15, 0.2) is 5.82 Å². The van der Waals surface area contributed by atoms with Crippen molar-refractivity contribution in [2.75, 3.05) is 0 Å². The molecule has 2 aliphatic carbocycles. The van der Waals surface area contributed by atoms with E-state index in [2.05, 4.69) is 166 Å². The molecule has 0 amide bonds. The van der Waals surface area contributed by atoms with Crippen LogP contribution < -0.4 is 0 Å². The molecule has 1 spiro atoms. The Labute approximate surface area is 305 Å². The summed E-state index contributed by atoms with van der Waals surface area (Å²) in [6, 6.07) is 46.5. The number of allylic oxidation sites excluding steroid dienone is 8. The fraction of sp³-hybridized carbons (Fsp3) is 0.125. The van der Waals surface area contributed by atoms with Gasteiger partial charge in [0.25, 0.3) is 0 Å². The molecule has 0 N–H and O–H groups in total. The van der Waals surface area contributed by atoms with Crippen LogP contribution in [0.1, 0.15) is 61.2 Å². The molecule has 0 bridgehead atoms. The molecule has 0 atom stereocenters. The third kappa shape index (κ3) is 5.18. The van der Waals surface area contributed by atoms with Crippen molar-refractivity contribution < 1.29 is 0 Å². The molecule has 6 aromatic rings. The summed E-state index contributed by atoms with van der Waals surface area (Å²) < 4.78 is 0. The fourth-order valence-corrected chi connectivity index (χ4v) is 9.42. The van der Waals surface area contributed by atoms with Gasteiger partial charge in [-0.05, 0) is 94.5 Å². The molecule has 3 heteroatoms. The average molecular weight is 675 g/mol. The smallest absolute Gasteiger partial charge is 0.156 e. The lowest BCUT2D eigenvalue weighted by atomic mass is 9.66. The van der Waals surface area contributed by atoms with E-state index in [9.17, 15) is 0 Å². The van der Waals surface area contributed by atoms with Gasteiger partial charge >= 0.3 is 0 Å². The van der Waals surface area contributed by atoms with Crippen molar-refractivity contribution in [2.45, 2.75) is 48.3 Å². The topological polar surface area (TPSA) is 25.8 Å². The van der Waals surface area contributed by atoms with Gasteiger partial charge in [-0.1, -0.05) is 158 Å². The molecule has 1 aliphatic heterocycles. The normalized spacial score (nSPS) is 15.5. The van der Waals surface area contributed by atoms with Crippen LogP contribution in [0.15, 0.2) is 173 Å². The Hall–Kier alpha value is -5.51. The van der Waals surface area contributed by atoms with E-state index in [-0.39, 0.29) is 5.41 Å². The van der Waals surface area contributed by atoms with Gasteiger partial charge in [0.05, 0.1) is 16.8 Å². The molecular weight excluding hydrogens is 637 g/mol. The van der Waals surface area contributed by atoms with Gasteiger partial charge in [0.2, 0.25) is 0 Å². The van der Waals surface area contributed by atoms with Crippen LogP contribution in [0, 0.1) is 0 Å². The van der Waals surface area contributed by atoms with Crippen molar-refractivity contribution in [3.8, 4) is 33.6 Å². The second kappa shape index (κ2) is 13.0. The highest BCUT2D eigenvalue weighted by Crippen LogP contribution is 2.62. The molecule has 0 unspecified atom stereocenters. The summed E-state index contributed by atoms with van der Waals surface area (Å²) in [5.41, 5.74) is 15.5. The molecule has 51 heavy (non-hydrogen) atoms. The Morgan fingerprint density at radius 2 is 1.31 bits per heavy atom. The highest BCUT2D eigenvalue weighted by molar-refractivity contribution is 7.99. The monoisotopic (exact) mass is 674 g/mol. The number of hydrogen-bond acceptors (Lipinski definition) is 3. The SMILES string of the molecule is CC/C=C\C1=C(C)C2(c3ccccc3Sc3ccccc32)c2cccc(-c3ccc(-c4cc(-c5ccccc5)nc(C5=CC=CCC5)n4)cc3)c21. The molecular formula is C48H38N2S. The highest BCUT2D eigenvalue weighted by Gasteiger charge is 2.50. The second-order valence-corrected chi connectivity index (χ2v) is 14.6. The Kier molecular flexibility index (Phi) is 8.01. The van der Waals surface area contributed by atoms with E-state index in [1.54, 1.807) is 0 Å². The Balaban J connectivity index is 1.20. The van der Waals surface area contributed by atoms with Crippen LogP contribution in [-0.4, -0.2) is 9.97 Å². The lowest BCUT2D eigenvalue weighted by Crippen LogP contribution is -2.32. The van der Waals surface area contributed by atoms with Crippen molar-refractivity contribution in [1.29, 1.82) is 0 Å². The van der Waals surface area contributed by atoms with E-state index in [4.69, 9.17) is 9.97 Å². The first-order valence-electron chi connectivity index (χ1n) is 18.0. The Morgan fingerprint density at radius 1 is 0.686 bits per heavy atom. The maximum absolute atomic E-state index is 5.14. The predicted molar refractivity (Wildman–Crippen MR) is 214 cm³/mol. The van der Waals surface area contributed by atoms with Crippen molar-refractivity contribution >= 4 is 22.9 Å². The summed E-state index contributed by atoms with van der Waals surface area (Å²) in [7, 11) is 0. The number of benzene rings is 5. The Morgan fingerprint density at radius 3 is 1.98 bits per heavy atom. The van der Waals surface area contributed by atoms with Crippen molar-refractivity contribution in [3.05, 3.63) is 191 Å². The summed E-state index contributed by atoms with van der Waals surface area (Å²) in [4.78, 5) is 12.8. The molecule has 1 aromatic heterocycles. The number of nitrogens with zero attached hydrogens (tertiary/aromatic N) is 2. The zero-order valence-corrected chi connectivity index (χ0v) is 29.8. The fourth-order valence-electron chi connectivity index (χ4n) is 8.22. The average Bonchev–Trinajstić information content (AvgIpc) is 3.45. The third-order valence-electron chi connectivity index (χ3n) is 10.6. The molecule has 2 nitrogen and oxygen atoms in total.